The summed E-state index contributed by atoms with van der Waals surface area (Å²) in [6.45, 7) is 0.00189. The quantitative estimate of drug-likeness (QED) is 0.541. The Morgan fingerprint density at radius 1 is 1.38 bits per heavy atom. The van der Waals surface area contributed by atoms with Crippen LogP contribution in [0.15, 0.2) is 29.5 Å². The van der Waals surface area contributed by atoms with Gasteiger partial charge in [-0.2, -0.15) is 22.8 Å². The molecular weight excluding hydrogens is 439 g/mol. The van der Waals surface area contributed by atoms with Crippen LogP contribution in [0.2, 0.25) is 0 Å². The number of hydrogen-bond acceptors (Lipinski definition) is 7. The van der Waals surface area contributed by atoms with Gasteiger partial charge in [0.2, 0.25) is 5.95 Å². The minimum Gasteiger partial charge on any atom is -0.452 e. The molecule has 32 heavy (non-hydrogen) atoms. The van der Waals surface area contributed by atoms with E-state index in [4.69, 9.17) is 11.0 Å². The Morgan fingerprint density at radius 2 is 2.09 bits per heavy atom. The van der Waals surface area contributed by atoms with Gasteiger partial charge in [0.05, 0.1) is 17.4 Å². The van der Waals surface area contributed by atoms with Crippen molar-refractivity contribution >= 4 is 17.6 Å². The summed E-state index contributed by atoms with van der Waals surface area (Å²) >= 11 is 0. The van der Waals surface area contributed by atoms with E-state index >= 15 is 0 Å². The fraction of sp³-hybridized carbons (Fsp3) is 0.316. The fourth-order valence-corrected chi connectivity index (χ4v) is 3.19. The third-order valence-electron chi connectivity index (χ3n) is 4.72. The molecule has 0 aliphatic carbocycles. The third-order valence-corrected chi connectivity index (χ3v) is 4.72. The maximum absolute atomic E-state index is 14.5. The molecule has 1 aliphatic heterocycles. The number of rotatable bonds is 4. The lowest BCUT2D eigenvalue weighted by Gasteiger charge is -2.36. The van der Waals surface area contributed by atoms with Crippen LogP contribution in [0.4, 0.5) is 27.6 Å². The molecule has 0 bridgehead atoms. The molecular formula is C19H15F5N6O2. The van der Waals surface area contributed by atoms with E-state index in [2.05, 4.69) is 25.0 Å². The van der Waals surface area contributed by atoms with E-state index in [-0.39, 0.29) is 16.9 Å². The number of aromatic nitrogens is 2. The molecule has 1 amide bonds. The number of carbonyl (C=O) groups is 1. The minimum absolute atomic E-state index is 0.0550. The zero-order valence-corrected chi connectivity index (χ0v) is 16.4. The number of anilines is 1. The van der Waals surface area contributed by atoms with Gasteiger partial charge in [-0.1, -0.05) is 0 Å². The van der Waals surface area contributed by atoms with Crippen LogP contribution in [0.25, 0.3) is 0 Å². The van der Waals surface area contributed by atoms with Crippen LogP contribution in [0, 0.1) is 24.2 Å². The number of ether oxygens (including phenoxy) is 1. The first-order valence-electron chi connectivity index (χ1n) is 8.98. The molecule has 0 saturated heterocycles. The molecule has 168 valence electrons. The number of carbonyl (C=O) groups excluding carboxylic acids is 1. The van der Waals surface area contributed by atoms with Gasteiger partial charge in [-0.05, 0) is 24.6 Å². The summed E-state index contributed by atoms with van der Waals surface area (Å²) in [5.74, 6) is -2.04. The Balaban J connectivity index is 1.97. The molecule has 0 radical (unpaired) electrons. The van der Waals surface area contributed by atoms with E-state index in [0.29, 0.717) is 5.56 Å². The number of pyridine rings is 2. The summed E-state index contributed by atoms with van der Waals surface area (Å²) in [4.78, 5) is 23.4. The lowest BCUT2D eigenvalue weighted by atomic mass is 9.85. The molecule has 8 nitrogen and oxygen atoms in total. The highest BCUT2D eigenvalue weighted by molar-refractivity contribution is 6.03. The average molecular weight is 454 g/mol. The average Bonchev–Trinajstić information content (AvgIpc) is 2.73. The van der Waals surface area contributed by atoms with Crippen LogP contribution >= 0.6 is 0 Å². The second-order valence-corrected chi connectivity index (χ2v) is 6.99. The van der Waals surface area contributed by atoms with Gasteiger partial charge in [0.25, 0.3) is 11.9 Å². The van der Waals surface area contributed by atoms with E-state index < -0.39 is 54.4 Å². The standard InChI is InChI=1S/C19H15F5N6O2/c1-9-2-10(5-25)6-27-14(9)16(31)29-11-3-12(15(21)28-7-11)18(8-20)4-13(19(22,23)24)32-17(26)30-18/h2-3,6-7,13H,4,8H2,1H3,(H2,26,30)(H,29,31). The van der Waals surface area contributed by atoms with Crippen LogP contribution in [0.1, 0.15) is 33.6 Å². The molecule has 2 aromatic rings. The molecule has 0 fully saturated rings. The van der Waals surface area contributed by atoms with Crippen molar-refractivity contribution in [2.24, 2.45) is 10.7 Å². The van der Waals surface area contributed by atoms with E-state index in [1.807, 2.05) is 6.07 Å². The number of amidine groups is 1. The van der Waals surface area contributed by atoms with Crippen molar-refractivity contribution < 1.29 is 31.5 Å². The second kappa shape index (κ2) is 8.37. The van der Waals surface area contributed by atoms with E-state index in [1.54, 1.807) is 0 Å². The van der Waals surface area contributed by atoms with Gasteiger partial charge in [0, 0.05) is 18.2 Å². The number of aryl methyl sites for hydroxylation is 1. The Bertz CT molecular complexity index is 1130. The van der Waals surface area contributed by atoms with E-state index in [1.165, 1.54) is 19.2 Å². The molecule has 2 aromatic heterocycles. The van der Waals surface area contributed by atoms with Crippen molar-refractivity contribution in [2.45, 2.75) is 31.2 Å². The summed E-state index contributed by atoms with van der Waals surface area (Å²) in [6.07, 6.45) is -6.44. The normalized spacial score (nSPS) is 20.7. The van der Waals surface area contributed by atoms with Gasteiger partial charge >= 0.3 is 6.18 Å². The first-order chi connectivity index (χ1) is 15.0. The van der Waals surface area contributed by atoms with Crippen molar-refractivity contribution in [2.75, 3.05) is 12.0 Å². The highest BCUT2D eigenvalue weighted by Gasteiger charge is 2.52. The minimum atomic E-state index is -4.91. The molecule has 2 atom stereocenters. The third kappa shape index (κ3) is 4.43. The van der Waals surface area contributed by atoms with Crippen molar-refractivity contribution in [3.05, 3.63) is 52.9 Å². The van der Waals surface area contributed by atoms with Crippen LogP contribution in [-0.4, -0.2) is 40.9 Å². The zero-order valence-electron chi connectivity index (χ0n) is 16.4. The predicted molar refractivity (Wildman–Crippen MR) is 101 cm³/mol. The molecule has 0 spiro atoms. The first-order valence-corrected chi connectivity index (χ1v) is 8.98. The number of nitrogens with zero attached hydrogens (tertiary/aromatic N) is 4. The maximum Gasteiger partial charge on any atom is 0.425 e. The fourth-order valence-electron chi connectivity index (χ4n) is 3.19. The highest BCUT2D eigenvalue weighted by atomic mass is 19.4. The van der Waals surface area contributed by atoms with Crippen molar-refractivity contribution in [3.8, 4) is 6.07 Å². The summed E-state index contributed by atoms with van der Waals surface area (Å²) in [6, 6.07) is 3.26. The summed E-state index contributed by atoms with van der Waals surface area (Å²) in [5.41, 5.74) is 2.71. The Kier molecular flexibility index (Phi) is 5.98. The number of alkyl halides is 4. The largest absolute Gasteiger partial charge is 0.452 e. The van der Waals surface area contributed by atoms with Crippen LogP contribution in [0.3, 0.4) is 0 Å². The predicted octanol–water partition coefficient (Wildman–Crippen LogP) is 2.88. The van der Waals surface area contributed by atoms with Crippen LogP contribution < -0.4 is 11.1 Å². The zero-order chi connectivity index (χ0) is 23.7. The van der Waals surface area contributed by atoms with E-state index in [0.717, 1.165) is 12.3 Å². The summed E-state index contributed by atoms with van der Waals surface area (Å²) < 4.78 is 72.5. The second-order valence-electron chi connectivity index (χ2n) is 6.99. The lowest BCUT2D eigenvalue weighted by Crippen LogP contribution is -2.48. The number of nitrogens with two attached hydrogens (primary N) is 1. The Labute approximate surface area is 177 Å². The molecule has 13 heteroatoms. The number of hydrogen-bond donors (Lipinski definition) is 2. The van der Waals surface area contributed by atoms with E-state index in [9.17, 15) is 26.7 Å². The number of halogens is 5. The van der Waals surface area contributed by atoms with Gasteiger partial charge < -0.3 is 15.8 Å². The van der Waals surface area contributed by atoms with Crippen molar-refractivity contribution in [3.63, 3.8) is 0 Å². The van der Waals surface area contributed by atoms with Gasteiger partial charge in [-0.3, -0.25) is 4.79 Å². The van der Waals surface area contributed by atoms with Gasteiger partial charge in [-0.25, -0.2) is 19.4 Å². The maximum atomic E-state index is 14.5. The number of amides is 1. The number of nitriles is 1. The molecule has 3 rings (SSSR count). The molecule has 0 aromatic carbocycles. The van der Waals surface area contributed by atoms with Crippen LogP contribution in [-0.2, 0) is 10.3 Å². The molecule has 2 unspecified atom stereocenters. The first kappa shape index (κ1) is 22.9. The summed E-state index contributed by atoms with van der Waals surface area (Å²) in [5, 5.41) is 11.2. The van der Waals surface area contributed by atoms with Crippen LogP contribution in [0.5, 0.6) is 0 Å². The highest BCUT2D eigenvalue weighted by Crippen LogP contribution is 2.41. The van der Waals surface area contributed by atoms with Crippen molar-refractivity contribution in [1.82, 2.24) is 9.97 Å². The number of nitrogens with one attached hydrogen (secondary N) is 1. The smallest absolute Gasteiger partial charge is 0.425 e. The summed E-state index contributed by atoms with van der Waals surface area (Å²) in [7, 11) is 0. The SMILES string of the molecule is Cc1cc(C#N)cnc1C(=O)Nc1cnc(F)c(C2(CF)CC(C(F)(F)F)OC(N)=N2)c1. The lowest BCUT2D eigenvalue weighted by molar-refractivity contribution is -0.209. The molecule has 0 saturated carbocycles. The molecule has 1 aliphatic rings. The Hall–Kier alpha value is -3.82. The Morgan fingerprint density at radius 3 is 2.69 bits per heavy atom. The van der Waals surface area contributed by atoms with Gasteiger partial charge in [-0.15, -0.1) is 0 Å². The molecule has 3 N–H and O–H groups in total. The topological polar surface area (TPSA) is 126 Å². The number of aliphatic imine (C=N–C) groups is 1. The van der Waals surface area contributed by atoms with Crippen molar-refractivity contribution in [1.29, 1.82) is 5.26 Å². The molecule has 3 heterocycles. The van der Waals surface area contributed by atoms with Gasteiger partial charge in [0.15, 0.2) is 6.10 Å². The van der Waals surface area contributed by atoms with Gasteiger partial charge in [0.1, 0.15) is 24.0 Å². The monoisotopic (exact) mass is 454 g/mol.